The largest absolute Gasteiger partial charge is 0.511 e. The van der Waals surface area contributed by atoms with Gasteiger partial charge in [0.25, 0.3) is 0 Å². The van der Waals surface area contributed by atoms with E-state index in [9.17, 15) is 4.79 Å². The minimum Gasteiger partial charge on any atom is -0.449 e. The van der Waals surface area contributed by atoms with Crippen molar-refractivity contribution in [3.05, 3.63) is 29.3 Å². The molecule has 1 aromatic rings. The highest BCUT2D eigenvalue weighted by atomic mass is 16.7. The fraction of sp³-hybridized carbons (Fsp3) is 0.300. The minimum atomic E-state index is -1.27. The molecule has 0 saturated heterocycles. The van der Waals surface area contributed by atoms with Crippen molar-refractivity contribution >= 4 is 6.16 Å². The lowest BCUT2D eigenvalue weighted by Crippen LogP contribution is -2.07. The summed E-state index contributed by atoms with van der Waals surface area (Å²) in [7, 11) is 2.03. The van der Waals surface area contributed by atoms with Crippen LogP contribution in [-0.4, -0.2) is 23.2 Å². The van der Waals surface area contributed by atoms with Crippen LogP contribution in [-0.2, 0) is 13.1 Å². The maximum atomic E-state index is 10.3. The van der Waals surface area contributed by atoms with Crippen LogP contribution in [0.1, 0.15) is 11.1 Å². The van der Waals surface area contributed by atoms with E-state index in [0.717, 1.165) is 18.7 Å². The standard InChI is InChI=1S/C10H11NO3/c1-11-5-7-2-3-9(14-10(12)13)4-8(7)6-11/h2-4H,5-6H2,1H3,(H,12,13). The molecule has 0 bridgehead atoms. The Bertz CT molecular complexity index is 376. The van der Waals surface area contributed by atoms with Gasteiger partial charge in [-0.3, -0.25) is 4.90 Å². The number of nitrogens with zero attached hydrogens (tertiary/aromatic N) is 1. The fourth-order valence-electron chi connectivity index (χ4n) is 1.71. The van der Waals surface area contributed by atoms with Gasteiger partial charge in [0.2, 0.25) is 0 Å². The summed E-state index contributed by atoms with van der Waals surface area (Å²) in [6.45, 7) is 1.77. The Kier molecular flexibility index (Phi) is 2.13. The van der Waals surface area contributed by atoms with Gasteiger partial charge in [-0.05, 0) is 30.3 Å². The van der Waals surface area contributed by atoms with Crippen molar-refractivity contribution in [2.45, 2.75) is 13.1 Å². The average Bonchev–Trinajstić information content (AvgIpc) is 2.42. The van der Waals surface area contributed by atoms with Crippen molar-refractivity contribution in [2.75, 3.05) is 7.05 Å². The Balaban J connectivity index is 2.24. The molecule has 1 aliphatic rings. The number of fused-ring (bicyclic) bond motifs is 1. The second-order valence-corrected chi connectivity index (χ2v) is 3.47. The monoisotopic (exact) mass is 193 g/mol. The van der Waals surface area contributed by atoms with Gasteiger partial charge in [0.1, 0.15) is 5.75 Å². The molecule has 4 nitrogen and oxygen atoms in total. The Morgan fingerprint density at radius 1 is 1.43 bits per heavy atom. The van der Waals surface area contributed by atoms with Gasteiger partial charge in [-0.1, -0.05) is 6.07 Å². The lowest BCUT2D eigenvalue weighted by molar-refractivity contribution is 0.144. The number of rotatable bonds is 1. The van der Waals surface area contributed by atoms with E-state index in [1.807, 2.05) is 13.1 Å². The molecule has 0 amide bonds. The van der Waals surface area contributed by atoms with E-state index >= 15 is 0 Å². The molecule has 0 atom stereocenters. The predicted octanol–water partition coefficient (Wildman–Crippen LogP) is 1.69. The first-order valence-electron chi connectivity index (χ1n) is 4.36. The van der Waals surface area contributed by atoms with E-state index in [1.54, 1.807) is 12.1 Å². The molecule has 0 fully saturated rings. The van der Waals surface area contributed by atoms with Crippen LogP contribution >= 0.6 is 0 Å². The van der Waals surface area contributed by atoms with Crippen molar-refractivity contribution in [3.63, 3.8) is 0 Å². The maximum Gasteiger partial charge on any atom is 0.511 e. The molecular formula is C10H11NO3. The summed E-state index contributed by atoms with van der Waals surface area (Å²) in [4.78, 5) is 12.5. The Labute approximate surface area is 81.7 Å². The number of ether oxygens (including phenoxy) is 1. The average molecular weight is 193 g/mol. The smallest absolute Gasteiger partial charge is 0.449 e. The summed E-state index contributed by atoms with van der Waals surface area (Å²) < 4.78 is 4.57. The highest BCUT2D eigenvalue weighted by Crippen LogP contribution is 2.25. The topological polar surface area (TPSA) is 49.8 Å². The quantitative estimate of drug-likeness (QED) is 0.544. The molecule has 2 rings (SSSR count). The van der Waals surface area contributed by atoms with Crippen molar-refractivity contribution in [1.29, 1.82) is 0 Å². The van der Waals surface area contributed by atoms with E-state index < -0.39 is 6.16 Å². The fourth-order valence-corrected chi connectivity index (χ4v) is 1.71. The highest BCUT2D eigenvalue weighted by molar-refractivity contribution is 5.61. The molecular weight excluding hydrogens is 182 g/mol. The van der Waals surface area contributed by atoms with Crippen molar-refractivity contribution in [3.8, 4) is 5.75 Å². The van der Waals surface area contributed by atoms with E-state index in [0.29, 0.717) is 5.75 Å². The Hall–Kier alpha value is -1.55. The summed E-state index contributed by atoms with van der Waals surface area (Å²) in [5.41, 5.74) is 2.39. The van der Waals surface area contributed by atoms with Gasteiger partial charge in [-0.15, -0.1) is 0 Å². The molecule has 14 heavy (non-hydrogen) atoms. The van der Waals surface area contributed by atoms with Gasteiger partial charge in [-0.2, -0.15) is 0 Å². The molecule has 1 heterocycles. The first kappa shape index (κ1) is 9.02. The lowest BCUT2D eigenvalue weighted by Gasteiger charge is -2.02. The molecule has 1 N–H and O–H groups in total. The second kappa shape index (κ2) is 3.31. The van der Waals surface area contributed by atoms with Crippen LogP contribution in [0.2, 0.25) is 0 Å². The third kappa shape index (κ3) is 1.70. The minimum absolute atomic E-state index is 0.395. The molecule has 1 aromatic carbocycles. The number of carboxylic acid groups (broad SMARTS) is 1. The molecule has 4 heteroatoms. The van der Waals surface area contributed by atoms with Crippen LogP contribution in [0.3, 0.4) is 0 Å². The summed E-state index contributed by atoms with van der Waals surface area (Å²) >= 11 is 0. The van der Waals surface area contributed by atoms with Crippen molar-refractivity contribution in [1.82, 2.24) is 4.90 Å². The van der Waals surface area contributed by atoms with Crippen LogP contribution in [0, 0.1) is 0 Å². The molecule has 0 aliphatic carbocycles. The van der Waals surface area contributed by atoms with Crippen LogP contribution in [0.5, 0.6) is 5.75 Å². The zero-order chi connectivity index (χ0) is 10.1. The third-order valence-corrected chi connectivity index (χ3v) is 2.26. The van der Waals surface area contributed by atoms with Crippen LogP contribution < -0.4 is 4.74 Å². The maximum absolute atomic E-state index is 10.3. The molecule has 0 spiro atoms. The van der Waals surface area contributed by atoms with Crippen molar-refractivity contribution in [2.24, 2.45) is 0 Å². The van der Waals surface area contributed by atoms with Gasteiger partial charge in [0.15, 0.2) is 0 Å². The van der Waals surface area contributed by atoms with Gasteiger partial charge in [0, 0.05) is 13.1 Å². The zero-order valence-corrected chi connectivity index (χ0v) is 7.86. The van der Waals surface area contributed by atoms with E-state index in [2.05, 4.69) is 9.64 Å². The second-order valence-electron chi connectivity index (χ2n) is 3.47. The normalized spacial score (nSPS) is 15.2. The lowest BCUT2D eigenvalue weighted by atomic mass is 10.1. The first-order valence-corrected chi connectivity index (χ1v) is 4.36. The van der Waals surface area contributed by atoms with E-state index in [4.69, 9.17) is 5.11 Å². The molecule has 1 aliphatic heterocycles. The van der Waals surface area contributed by atoms with E-state index in [-0.39, 0.29) is 0 Å². The Morgan fingerprint density at radius 2 is 2.14 bits per heavy atom. The zero-order valence-electron chi connectivity index (χ0n) is 7.86. The number of hydrogen-bond acceptors (Lipinski definition) is 3. The van der Waals surface area contributed by atoms with Gasteiger partial charge >= 0.3 is 6.16 Å². The first-order chi connectivity index (χ1) is 6.65. The van der Waals surface area contributed by atoms with Gasteiger partial charge < -0.3 is 9.84 Å². The van der Waals surface area contributed by atoms with Crippen LogP contribution in [0.25, 0.3) is 0 Å². The molecule has 74 valence electrons. The molecule has 0 unspecified atom stereocenters. The van der Waals surface area contributed by atoms with Gasteiger partial charge in [-0.25, -0.2) is 4.79 Å². The number of hydrogen-bond donors (Lipinski definition) is 1. The van der Waals surface area contributed by atoms with Crippen LogP contribution in [0.15, 0.2) is 18.2 Å². The summed E-state index contributed by atoms with van der Waals surface area (Å²) in [5, 5.41) is 8.43. The summed E-state index contributed by atoms with van der Waals surface area (Å²) in [6.07, 6.45) is -1.27. The third-order valence-electron chi connectivity index (χ3n) is 2.26. The number of benzene rings is 1. The SMILES string of the molecule is CN1Cc2ccc(OC(=O)O)cc2C1. The Morgan fingerprint density at radius 3 is 2.86 bits per heavy atom. The highest BCUT2D eigenvalue weighted by Gasteiger charge is 2.16. The summed E-state index contributed by atoms with van der Waals surface area (Å²) in [5.74, 6) is 0.395. The predicted molar refractivity (Wildman–Crippen MR) is 50.3 cm³/mol. The molecule has 0 aromatic heterocycles. The van der Waals surface area contributed by atoms with Crippen LogP contribution in [0.4, 0.5) is 4.79 Å². The van der Waals surface area contributed by atoms with Gasteiger partial charge in [0.05, 0.1) is 0 Å². The molecule has 0 radical (unpaired) electrons. The molecule has 0 saturated carbocycles. The summed E-state index contributed by atoms with van der Waals surface area (Å²) in [6, 6.07) is 5.39. The van der Waals surface area contributed by atoms with E-state index in [1.165, 1.54) is 5.56 Å². The van der Waals surface area contributed by atoms with Crippen molar-refractivity contribution < 1.29 is 14.6 Å². The number of carbonyl (C=O) groups is 1.